The van der Waals surface area contributed by atoms with Gasteiger partial charge in [0.1, 0.15) is 58.1 Å². The second-order valence-corrected chi connectivity index (χ2v) is 33.9. The smallest absolute Gasteiger partial charge is 0.266 e. The van der Waals surface area contributed by atoms with Gasteiger partial charge >= 0.3 is 0 Å². The second-order valence-electron chi connectivity index (χ2n) is 32.6. The molecule has 3 amide bonds. The number of nitrogens with two attached hydrogens (primary N) is 1. The van der Waals surface area contributed by atoms with Crippen molar-refractivity contribution >= 4 is 90.9 Å². The lowest BCUT2D eigenvalue weighted by molar-refractivity contribution is -0.135. The molecular weight excluding hydrogens is 1710 g/mol. The van der Waals surface area contributed by atoms with Crippen LogP contribution in [0.15, 0.2) is 215 Å². The van der Waals surface area contributed by atoms with Crippen LogP contribution in [0.25, 0.3) is 49.8 Å². The first-order valence-corrected chi connectivity index (χ1v) is 44.4. The molecule has 29 nitrogen and oxygen atoms in total. The molecule has 0 aliphatic carbocycles. The number of morpholine rings is 1. The topological polar surface area (TPSA) is 310 Å². The predicted molar refractivity (Wildman–Crippen MR) is 498 cm³/mol. The molecular formula is C97H107Cl3N14O15. The minimum absolute atomic E-state index is 0.0342. The average Bonchev–Trinajstić information content (AvgIpc) is 0.766. The maximum absolute atomic E-state index is 14.4. The van der Waals surface area contributed by atoms with Crippen molar-refractivity contribution in [3.63, 3.8) is 0 Å². The highest BCUT2D eigenvalue weighted by Gasteiger charge is 2.30. The summed E-state index contributed by atoms with van der Waals surface area (Å²) in [6, 6.07) is 59.3. The summed E-state index contributed by atoms with van der Waals surface area (Å²) in [4.78, 5) is 110. The summed E-state index contributed by atoms with van der Waals surface area (Å²) >= 11 is 17.8. The lowest BCUT2D eigenvalue weighted by Crippen LogP contribution is -2.50. The first-order chi connectivity index (χ1) is 62.3. The van der Waals surface area contributed by atoms with Crippen LogP contribution in [-0.4, -0.2) is 240 Å². The van der Waals surface area contributed by atoms with Gasteiger partial charge in [-0.1, -0.05) is 83.3 Å². The number of fused-ring (bicyclic) bond motifs is 3. The summed E-state index contributed by atoms with van der Waals surface area (Å²) < 4.78 is 45.6. The number of nitrogen functional groups attached to an aromatic ring is 1. The molecule has 4 fully saturated rings. The highest BCUT2D eigenvalue weighted by atomic mass is 35.5. The summed E-state index contributed by atoms with van der Waals surface area (Å²) in [5, 5.41) is 22.8. The number of nitrogens with zero attached hydrogens (tertiary/aromatic N) is 13. The Kier molecular flexibility index (Phi) is 31.7. The van der Waals surface area contributed by atoms with E-state index in [4.69, 9.17) is 88.6 Å². The van der Waals surface area contributed by atoms with Crippen LogP contribution in [0.2, 0.25) is 15.1 Å². The van der Waals surface area contributed by atoms with Crippen molar-refractivity contribution in [1.29, 1.82) is 0 Å². The Morgan fingerprint density at radius 2 is 0.713 bits per heavy atom. The van der Waals surface area contributed by atoms with E-state index in [1.807, 2.05) is 131 Å². The van der Waals surface area contributed by atoms with E-state index in [9.17, 15) is 39.0 Å². The third kappa shape index (κ3) is 24.3. The molecule has 4 saturated heterocycles. The minimum atomic E-state index is -1.11. The number of carbonyl (C=O) groups excluding carboxylic acids is 3. The molecule has 0 bridgehead atoms. The number of hydrogen-bond donors (Lipinski definition) is 3. The molecule has 3 aromatic heterocycles. The number of anilines is 1. The largest absolute Gasteiger partial charge is 0.489 e. The molecule has 4 aliphatic heterocycles. The van der Waals surface area contributed by atoms with Crippen LogP contribution in [0, 0.1) is 0 Å². The molecule has 32 heteroatoms. The number of halogens is 3. The van der Waals surface area contributed by atoms with Crippen molar-refractivity contribution in [3.05, 3.63) is 275 Å². The zero-order valence-corrected chi connectivity index (χ0v) is 75.3. The summed E-state index contributed by atoms with van der Waals surface area (Å²) in [5.74, 6) is 5.06. The molecule has 0 radical (unpaired) electrons. The van der Waals surface area contributed by atoms with E-state index in [0.717, 1.165) is 38.4 Å². The van der Waals surface area contributed by atoms with Gasteiger partial charge < -0.3 is 63.8 Å². The van der Waals surface area contributed by atoms with Crippen molar-refractivity contribution in [1.82, 2.24) is 63.0 Å². The number of ether oxygens (including phenoxy) is 7. The van der Waals surface area contributed by atoms with Gasteiger partial charge in [0, 0.05) is 119 Å². The molecule has 4 N–H and O–H groups in total. The fourth-order valence-electron chi connectivity index (χ4n) is 15.6. The first-order valence-electron chi connectivity index (χ1n) is 43.3. The van der Waals surface area contributed by atoms with Gasteiger partial charge in [-0.25, -0.2) is 15.0 Å². The zero-order valence-electron chi connectivity index (χ0n) is 73.1. The predicted octanol–water partition coefficient (Wildman–Crippen LogP) is 12.1. The van der Waals surface area contributed by atoms with Crippen LogP contribution in [-0.2, 0) is 45.3 Å². The number of amides is 3. The number of rotatable bonds is 28. The van der Waals surface area contributed by atoms with E-state index in [-0.39, 0.29) is 72.5 Å². The molecule has 129 heavy (non-hydrogen) atoms. The molecule has 7 heterocycles. The number of piperazine rings is 3. The number of benzene rings is 9. The third-order valence-electron chi connectivity index (χ3n) is 22.2. The van der Waals surface area contributed by atoms with Gasteiger partial charge in [-0.2, -0.15) is 0 Å². The molecule has 4 aliphatic rings. The lowest BCUT2D eigenvalue weighted by Gasteiger charge is -2.34. The van der Waals surface area contributed by atoms with Gasteiger partial charge in [0.25, 0.3) is 34.4 Å². The Morgan fingerprint density at radius 3 is 1.06 bits per heavy atom. The second kappa shape index (κ2) is 43.9. The maximum Gasteiger partial charge on any atom is 0.266 e. The normalized spacial score (nSPS) is 15.0. The number of aromatic nitrogens is 6. The van der Waals surface area contributed by atoms with Gasteiger partial charge in [-0.15, -0.1) is 0 Å². The molecule has 1 atom stereocenters. The SMILES string of the molecule is CC(C)Oc1ccccc1-n1c(CN2CCN(C(=O)COc3ccc(Cl)cc3)CC2)nc2ccc(C(O)CO)cc2c1=O.CC(C)Oc1ccccc1-n1c(CN2CCN(C(=O)COc3ccc(Cl)cc3)CC2)nc2ccc(CN3CCOCC3)cc2c1=O.CC(C)Oc1ccccc1-n1c(CN2CCN(C(=O)COc3ccc(Cl)cc3)CC2)nc2ccc(N)cc2c1=O. The van der Waals surface area contributed by atoms with Crippen LogP contribution in [0.3, 0.4) is 0 Å². The highest BCUT2D eigenvalue weighted by Crippen LogP contribution is 2.32. The summed E-state index contributed by atoms with van der Waals surface area (Å²) in [7, 11) is 0. The van der Waals surface area contributed by atoms with Crippen molar-refractivity contribution in [3.8, 4) is 51.6 Å². The van der Waals surface area contributed by atoms with Gasteiger partial charge in [0.2, 0.25) is 0 Å². The van der Waals surface area contributed by atoms with Crippen LogP contribution in [0.4, 0.5) is 5.69 Å². The fourth-order valence-corrected chi connectivity index (χ4v) is 16.0. The monoisotopic (exact) mass is 1810 g/mol. The van der Waals surface area contributed by atoms with Crippen molar-refractivity contribution in [2.45, 2.75) is 92.1 Å². The Bertz CT molecular complexity index is 6070. The summed E-state index contributed by atoms with van der Waals surface area (Å²) in [5.41, 5.74) is 11.0. The van der Waals surface area contributed by atoms with Crippen LogP contribution >= 0.6 is 34.8 Å². The van der Waals surface area contributed by atoms with E-state index in [1.165, 1.54) is 0 Å². The maximum atomic E-state index is 14.4. The van der Waals surface area contributed by atoms with Crippen LogP contribution in [0.5, 0.6) is 34.5 Å². The first kappa shape index (κ1) is 93.2. The molecule has 16 rings (SSSR count). The Balaban J connectivity index is 0.000000157. The third-order valence-corrected chi connectivity index (χ3v) is 23.0. The summed E-state index contributed by atoms with van der Waals surface area (Å²) in [6.45, 7) is 23.2. The van der Waals surface area contributed by atoms with Crippen molar-refractivity contribution < 1.29 is 57.8 Å². The number of para-hydroxylation sites is 6. The fraction of sp³-hybridized carbons (Fsp3) is 0.351. The highest BCUT2D eigenvalue weighted by molar-refractivity contribution is 6.31. The standard InChI is InChI=1S/C35H40ClN5O5.C32H35ClN4O6.C30H32ClN5O4/c1-25(2)46-32-6-4-3-5-31(32)41-33(37-30-12-7-26(21-29(30)35(41)43)22-39-17-19-44-20-18-39)23-38-13-15-40(16-14-38)34(42)24-45-28-10-8-27(36)9-11-28;1-21(2)43-29-6-4-3-5-27(29)37-30(34-26-12-7-22(28(39)19-38)17-25(26)32(37)41)18-35-13-15-36(16-14-35)31(40)20-42-24-10-8-23(33)9-11-24;1-20(2)40-27-6-4-3-5-26(27)36-28(33-25-12-9-22(32)17-24(25)30(36)38)18-34-13-15-35(16-14-34)29(37)19-39-23-10-7-21(31)8-11-23/h3-12,21,25H,13-20,22-24H2,1-2H3;3-12,17,21,28,38-39H,13-16,18-20H2,1-2H3;3-12,17,20H,13-16,18-19,32H2,1-2H3. The Hall–Kier alpha value is -12.0. The summed E-state index contributed by atoms with van der Waals surface area (Å²) in [6.07, 6.45) is -1.36. The van der Waals surface area contributed by atoms with E-state index >= 15 is 0 Å². The van der Waals surface area contributed by atoms with Gasteiger partial charge in [-0.3, -0.25) is 62.1 Å². The Labute approximate surface area is 762 Å². The van der Waals surface area contributed by atoms with Crippen LogP contribution < -0.4 is 50.8 Å². The van der Waals surface area contributed by atoms with Crippen molar-refractivity contribution in [2.24, 2.45) is 0 Å². The minimum Gasteiger partial charge on any atom is -0.489 e. The molecule has 12 aromatic rings. The van der Waals surface area contributed by atoms with E-state index in [0.29, 0.717) is 226 Å². The average molecular weight is 1820 g/mol. The molecule has 0 saturated carbocycles. The van der Waals surface area contributed by atoms with Crippen molar-refractivity contribution in [2.75, 3.05) is 137 Å². The van der Waals surface area contributed by atoms with Gasteiger partial charge in [-0.05, 0) is 204 Å². The Morgan fingerprint density at radius 1 is 0.395 bits per heavy atom. The van der Waals surface area contributed by atoms with E-state index in [2.05, 4.69) is 25.7 Å². The number of aliphatic hydroxyl groups is 2. The van der Waals surface area contributed by atoms with E-state index in [1.54, 1.807) is 133 Å². The van der Waals surface area contributed by atoms with Gasteiger partial charge in [0.05, 0.1) is 108 Å². The van der Waals surface area contributed by atoms with E-state index < -0.39 is 12.7 Å². The van der Waals surface area contributed by atoms with Gasteiger partial charge in [0.15, 0.2) is 19.8 Å². The molecule has 1 unspecified atom stereocenters. The number of aliphatic hydroxyl groups excluding tert-OH is 2. The molecule has 0 spiro atoms. The lowest BCUT2D eigenvalue weighted by atomic mass is 10.1. The quantitative estimate of drug-likeness (QED) is 0.0384. The van der Waals surface area contributed by atoms with Crippen LogP contribution in [0.1, 0.15) is 76.2 Å². The zero-order chi connectivity index (χ0) is 90.8. The molecule has 9 aromatic carbocycles. The number of hydrogen-bond acceptors (Lipinski definition) is 23. The molecule has 676 valence electrons. The number of carbonyl (C=O) groups is 3.